The largest absolute Gasteiger partial charge is 0.399 e. The maximum atomic E-state index is 12.5. The second kappa shape index (κ2) is 10.5. The van der Waals surface area contributed by atoms with E-state index in [1.807, 2.05) is 19.1 Å². The molecule has 0 spiro atoms. The Morgan fingerprint density at radius 2 is 1.74 bits per heavy atom. The smallest absolute Gasteiger partial charge is 0.251 e. The van der Waals surface area contributed by atoms with Gasteiger partial charge in [-0.1, -0.05) is 36.4 Å². The molecule has 0 saturated carbocycles. The van der Waals surface area contributed by atoms with Gasteiger partial charge in [-0.25, -0.2) is 0 Å². The molecule has 1 atom stereocenters. The van der Waals surface area contributed by atoms with Crippen LogP contribution in [0.25, 0.3) is 0 Å². The van der Waals surface area contributed by atoms with Crippen molar-refractivity contribution in [2.24, 2.45) is 0 Å². The maximum Gasteiger partial charge on any atom is 0.251 e. The third kappa shape index (κ3) is 5.86. The Hall–Kier alpha value is -1.75. The molecule has 0 radical (unpaired) electrons. The third-order valence-corrected chi connectivity index (χ3v) is 5.20. The highest BCUT2D eigenvalue weighted by atomic mass is 35.5. The fourth-order valence-corrected chi connectivity index (χ4v) is 3.52. The van der Waals surface area contributed by atoms with Gasteiger partial charge in [0, 0.05) is 36.4 Å². The number of amides is 1. The summed E-state index contributed by atoms with van der Waals surface area (Å²) in [4.78, 5) is 15.0. The predicted octanol–water partition coefficient (Wildman–Crippen LogP) is 4.38. The molecule has 6 heteroatoms. The van der Waals surface area contributed by atoms with Crippen molar-refractivity contribution >= 4 is 36.4 Å². The van der Waals surface area contributed by atoms with Gasteiger partial charge in [-0.3, -0.25) is 9.69 Å². The van der Waals surface area contributed by atoms with Crippen LogP contribution >= 0.6 is 24.8 Å². The van der Waals surface area contributed by atoms with E-state index in [1.165, 1.54) is 5.56 Å². The Morgan fingerprint density at radius 3 is 2.37 bits per heavy atom. The molecular weight excluding hydrogens is 381 g/mol. The van der Waals surface area contributed by atoms with Gasteiger partial charge in [-0.05, 0) is 49.9 Å². The summed E-state index contributed by atoms with van der Waals surface area (Å²) in [5, 5.41) is 3.18. The molecule has 2 aromatic rings. The van der Waals surface area contributed by atoms with Gasteiger partial charge in [-0.2, -0.15) is 0 Å². The van der Waals surface area contributed by atoms with Crippen LogP contribution < -0.4 is 11.1 Å². The average molecular weight is 410 g/mol. The number of nitrogens with two attached hydrogens (primary N) is 1. The SMILES string of the molecule is Cc1ccc(N)cc1C(=O)NC1CCN(C(C)c2ccccc2)CC1.Cl.Cl. The summed E-state index contributed by atoms with van der Waals surface area (Å²) >= 11 is 0. The molecule has 1 aliphatic rings. The summed E-state index contributed by atoms with van der Waals surface area (Å²) in [6.07, 6.45) is 1.95. The van der Waals surface area contributed by atoms with Gasteiger partial charge < -0.3 is 11.1 Å². The number of halogens is 2. The van der Waals surface area contributed by atoms with E-state index in [9.17, 15) is 4.79 Å². The molecule has 3 rings (SSSR count). The summed E-state index contributed by atoms with van der Waals surface area (Å²) < 4.78 is 0. The van der Waals surface area contributed by atoms with Crippen molar-refractivity contribution < 1.29 is 4.79 Å². The lowest BCUT2D eigenvalue weighted by molar-refractivity contribution is 0.0895. The first-order valence-electron chi connectivity index (χ1n) is 9.00. The van der Waals surface area contributed by atoms with Crippen LogP contribution in [-0.2, 0) is 0 Å². The molecule has 1 amide bonds. The highest BCUT2D eigenvalue weighted by molar-refractivity contribution is 5.96. The van der Waals surface area contributed by atoms with E-state index < -0.39 is 0 Å². The monoisotopic (exact) mass is 409 g/mol. The first kappa shape index (κ1) is 23.3. The Morgan fingerprint density at radius 1 is 1.11 bits per heavy atom. The van der Waals surface area contributed by atoms with Crippen molar-refractivity contribution in [3.63, 3.8) is 0 Å². The lowest BCUT2D eigenvalue weighted by Gasteiger charge is -2.36. The maximum absolute atomic E-state index is 12.5. The quantitative estimate of drug-likeness (QED) is 0.736. The minimum Gasteiger partial charge on any atom is -0.399 e. The van der Waals surface area contributed by atoms with E-state index in [4.69, 9.17) is 5.73 Å². The van der Waals surface area contributed by atoms with Crippen molar-refractivity contribution in [3.8, 4) is 0 Å². The van der Waals surface area contributed by atoms with Crippen LogP contribution in [0.4, 0.5) is 5.69 Å². The molecule has 4 nitrogen and oxygen atoms in total. The number of nitrogens with one attached hydrogen (secondary N) is 1. The van der Waals surface area contributed by atoms with E-state index in [0.717, 1.165) is 31.5 Å². The molecule has 0 aliphatic carbocycles. The van der Waals surface area contributed by atoms with Crippen LogP contribution in [0.2, 0.25) is 0 Å². The van der Waals surface area contributed by atoms with E-state index in [2.05, 4.69) is 47.5 Å². The highest BCUT2D eigenvalue weighted by Gasteiger charge is 2.25. The second-order valence-electron chi connectivity index (χ2n) is 6.94. The topological polar surface area (TPSA) is 58.4 Å². The number of anilines is 1. The zero-order valence-corrected chi connectivity index (χ0v) is 17.5. The number of nitrogen functional groups attached to an aromatic ring is 1. The molecule has 0 aromatic heterocycles. The fourth-order valence-electron chi connectivity index (χ4n) is 3.52. The summed E-state index contributed by atoms with van der Waals surface area (Å²) in [5.74, 6) is -0.0145. The van der Waals surface area contributed by atoms with Gasteiger partial charge in [-0.15, -0.1) is 24.8 Å². The molecule has 1 saturated heterocycles. The number of nitrogens with zero attached hydrogens (tertiary/aromatic N) is 1. The average Bonchev–Trinajstić information content (AvgIpc) is 2.64. The van der Waals surface area contributed by atoms with Crippen molar-refractivity contribution in [3.05, 3.63) is 65.2 Å². The number of piperidine rings is 1. The number of likely N-dealkylation sites (tertiary alicyclic amines) is 1. The van der Waals surface area contributed by atoms with Crippen LogP contribution in [0.1, 0.15) is 47.3 Å². The van der Waals surface area contributed by atoms with Gasteiger partial charge in [0.25, 0.3) is 5.91 Å². The van der Waals surface area contributed by atoms with Gasteiger partial charge >= 0.3 is 0 Å². The van der Waals surface area contributed by atoms with Crippen LogP contribution in [0, 0.1) is 6.92 Å². The summed E-state index contributed by atoms with van der Waals surface area (Å²) in [6, 6.07) is 16.7. The van der Waals surface area contributed by atoms with Crippen molar-refractivity contribution in [2.75, 3.05) is 18.8 Å². The molecular formula is C21H29Cl2N3O. The number of hydrogen-bond acceptors (Lipinski definition) is 3. The van der Waals surface area contributed by atoms with E-state index in [1.54, 1.807) is 6.07 Å². The number of rotatable bonds is 4. The number of benzene rings is 2. The van der Waals surface area contributed by atoms with E-state index in [-0.39, 0.29) is 36.8 Å². The van der Waals surface area contributed by atoms with E-state index >= 15 is 0 Å². The minimum absolute atomic E-state index is 0. The summed E-state index contributed by atoms with van der Waals surface area (Å²) in [6.45, 7) is 6.19. The minimum atomic E-state index is -0.0145. The summed E-state index contributed by atoms with van der Waals surface area (Å²) in [5.41, 5.74) is 9.43. The molecule has 0 bridgehead atoms. The number of aryl methyl sites for hydroxylation is 1. The van der Waals surface area contributed by atoms with Crippen LogP contribution in [-0.4, -0.2) is 29.9 Å². The molecule has 1 fully saturated rings. The number of carbonyl (C=O) groups excluding carboxylic acids is 1. The van der Waals surface area contributed by atoms with Crippen LogP contribution in [0.5, 0.6) is 0 Å². The normalized spacial score (nSPS) is 15.9. The standard InChI is InChI=1S/C21H27N3O.2ClH/c1-15-8-9-18(22)14-20(15)21(25)23-19-10-12-24(13-11-19)16(2)17-6-4-3-5-7-17;;/h3-9,14,16,19H,10-13,22H2,1-2H3,(H,23,25);2*1H. The molecule has 27 heavy (non-hydrogen) atoms. The highest BCUT2D eigenvalue weighted by Crippen LogP contribution is 2.24. The van der Waals surface area contributed by atoms with Crippen molar-refractivity contribution in [1.29, 1.82) is 0 Å². The number of hydrogen-bond donors (Lipinski definition) is 2. The Balaban J connectivity index is 0.00000182. The van der Waals surface area contributed by atoms with Crippen LogP contribution in [0.3, 0.4) is 0 Å². The first-order valence-corrected chi connectivity index (χ1v) is 9.00. The zero-order valence-electron chi connectivity index (χ0n) is 15.9. The number of carbonyl (C=O) groups is 1. The van der Waals surface area contributed by atoms with Gasteiger partial charge in [0.05, 0.1) is 0 Å². The van der Waals surface area contributed by atoms with Gasteiger partial charge in [0.2, 0.25) is 0 Å². The van der Waals surface area contributed by atoms with Crippen molar-refractivity contribution in [2.45, 2.75) is 38.8 Å². The lowest BCUT2D eigenvalue weighted by atomic mass is 9.99. The Bertz CT molecular complexity index is 731. The first-order chi connectivity index (χ1) is 12.0. The Kier molecular flexibility index (Phi) is 9.10. The molecule has 2 aromatic carbocycles. The van der Waals surface area contributed by atoms with Crippen molar-refractivity contribution in [1.82, 2.24) is 10.2 Å². The van der Waals surface area contributed by atoms with Gasteiger partial charge in [0.15, 0.2) is 0 Å². The van der Waals surface area contributed by atoms with Gasteiger partial charge in [0.1, 0.15) is 0 Å². The lowest BCUT2D eigenvalue weighted by Crippen LogP contribution is -2.45. The predicted molar refractivity (Wildman–Crippen MR) is 117 cm³/mol. The molecule has 1 heterocycles. The molecule has 3 N–H and O–H groups in total. The summed E-state index contributed by atoms with van der Waals surface area (Å²) in [7, 11) is 0. The van der Waals surface area contributed by atoms with Crippen LogP contribution in [0.15, 0.2) is 48.5 Å². The zero-order chi connectivity index (χ0) is 17.8. The third-order valence-electron chi connectivity index (χ3n) is 5.20. The Labute approximate surface area is 174 Å². The second-order valence-corrected chi connectivity index (χ2v) is 6.94. The van der Waals surface area contributed by atoms with E-state index in [0.29, 0.717) is 17.3 Å². The fraction of sp³-hybridized carbons (Fsp3) is 0.381. The molecule has 1 unspecified atom stereocenters. The molecule has 148 valence electrons. The molecule has 1 aliphatic heterocycles.